The van der Waals surface area contributed by atoms with E-state index < -0.39 is 26.5 Å². The second-order valence-electron chi connectivity index (χ2n) is 21.2. The molecule has 0 fully saturated rings. The van der Waals surface area contributed by atoms with Crippen LogP contribution in [0.2, 0.25) is 0 Å². The topological polar surface area (TPSA) is 134 Å². The van der Waals surface area contributed by atoms with Gasteiger partial charge in [0.05, 0.1) is 13.2 Å². The number of phosphoric acid groups is 1. The Morgan fingerprint density at radius 1 is 0.403 bits per heavy atom. The minimum Gasteiger partial charge on any atom is -0.462 e. The Morgan fingerprint density at radius 2 is 0.714 bits per heavy atom. The van der Waals surface area contributed by atoms with E-state index in [1.54, 1.807) is 0 Å². The van der Waals surface area contributed by atoms with Crippen LogP contribution in [0.1, 0.15) is 296 Å². The average Bonchev–Trinajstić information content (AvgIpc) is 3.42. The molecule has 0 aromatic heterocycles. The molecule has 0 spiro atoms. The maximum atomic E-state index is 12.7. The third kappa shape index (κ3) is 62.3. The second kappa shape index (κ2) is 62.4. The van der Waals surface area contributed by atoms with Gasteiger partial charge in [0.25, 0.3) is 0 Å². The molecule has 0 amide bonds. The predicted molar refractivity (Wildman–Crippen MR) is 330 cm³/mol. The third-order valence-corrected chi connectivity index (χ3v) is 14.7. The number of hydrogen-bond donors (Lipinski definition) is 2. The van der Waals surface area contributed by atoms with Gasteiger partial charge in [-0.1, -0.05) is 279 Å². The van der Waals surface area contributed by atoms with Crippen LogP contribution >= 0.6 is 7.82 Å². The first-order valence-corrected chi connectivity index (χ1v) is 33.6. The quantitative estimate of drug-likeness (QED) is 0.0264. The highest BCUT2D eigenvalue weighted by atomic mass is 31.2. The van der Waals surface area contributed by atoms with Gasteiger partial charge >= 0.3 is 19.8 Å². The SMILES string of the molecule is CC/C=C\C/C=C\C/C=C\C/C=C\CCCCCCCCCCCCCCC(=O)OC(COC(=O)CCCCCCCCCCCCCCCCCC/C=C\C/C=C\C/C=C\CCCCCCC)COP(=O)(O)OCCN. The lowest BCUT2D eigenvalue weighted by Gasteiger charge is -2.19. The molecule has 0 bridgehead atoms. The lowest BCUT2D eigenvalue weighted by atomic mass is 10.0. The molecule has 2 atom stereocenters. The highest BCUT2D eigenvalue weighted by Gasteiger charge is 2.26. The lowest BCUT2D eigenvalue weighted by molar-refractivity contribution is -0.161. The van der Waals surface area contributed by atoms with Crippen molar-refractivity contribution in [3.8, 4) is 0 Å². The number of carbonyl (C=O) groups is 2. The van der Waals surface area contributed by atoms with E-state index in [2.05, 4.69) is 98.9 Å². The van der Waals surface area contributed by atoms with Gasteiger partial charge in [-0.15, -0.1) is 0 Å². The molecule has 0 aromatic rings. The summed E-state index contributed by atoms with van der Waals surface area (Å²) in [6.07, 6.45) is 82.2. The second-order valence-corrected chi connectivity index (χ2v) is 22.7. The number of hydrogen-bond acceptors (Lipinski definition) is 8. The van der Waals surface area contributed by atoms with E-state index in [0.717, 1.165) is 77.0 Å². The summed E-state index contributed by atoms with van der Waals surface area (Å²) in [6.45, 7) is 3.65. The fourth-order valence-electron chi connectivity index (χ4n) is 9.05. The lowest BCUT2D eigenvalue weighted by Crippen LogP contribution is -2.29. The van der Waals surface area contributed by atoms with Crippen molar-refractivity contribution in [3.63, 3.8) is 0 Å². The summed E-state index contributed by atoms with van der Waals surface area (Å²) in [6, 6.07) is 0. The standard InChI is InChI=1S/C67H120NO8P/c1-3-5-7-9-11-13-15-17-19-21-23-25-27-29-30-31-32-33-34-36-37-39-41-43-45-47-49-51-53-55-57-59-66(69)73-63-65(64-75-77(71,72)74-62-61-68)76-67(70)60-58-56-54-52-50-48-46-44-42-40-38-35-28-26-24-22-20-18-16-14-12-10-8-6-4-2/h6,8,12,14-15,17-18,20-21,23-24,26-27,29,65H,3-5,7,9-11,13,16,19,22,25,28,30-64,68H2,1-2H3,(H,71,72)/b8-6-,14-12-,17-15-,20-18-,23-21-,26-24-,29-27-. The molecule has 0 saturated carbocycles. The summed E-state index contributed by atoms with van der Waals surface area (Å²) in [4.78, 5) is 35.3. The molecule has 3 N–H and O–H groups in total. The molecule has 0 aliphatic rings. The van der Waals surface area contributed by atoms with Crippen molar-refractivity contribution in [1.82, 2.24) is 0 Å². The Morgan fingerprint density at radius 3 is 1.06 bits per heavy atom. The molecule has 10 heteroatoms. The van der Waals surface area contributed by atoms with Crippen LogP contribution in [0, 0.1) is 0 Å². The number of ether oxygens (including phenoxy) is 2. The molecule has 0 saturated heterocycles. The van der Waals surface area contributed by atoms with Crippen molar-refractivity contribution in [3.05, 3.63) is 85.1 Å². The Hall–Kier alpha value is -2.81. The third-order valence-electron chi connectivity index (χ3n) is 13.8. The first-order valence-electron chi connectivity index (χ1n) is 32.1. The van der Waals surface area contributed by atoms with Crippen LogP contribution in [0.25, 0.3) is 0 Å². The van der Waals surface area contributed by atoms with Crippen molar-refractivity contribution in [2.75, 3.05) is 26.4 Å². The average molecular weight is 1100 g/mol. The van der Waals surface area contributed by atoms with E-state index in [1.807, 2.05) is 0 Å². The normalized spacial score (nSPS) is 13.6. The molecular formula is C67H120NO8P. The minimum absolute atomic E-state index is 0.0510. The van der Waals surface area contributed by atoms with Crippen LogP contribution in [0.3, 0.4) is 0 Å². The highest BCUT2D eigenvalue weighted by Crippen LogP contribution is 2.43. The van der Waals surface area contributed by atoms with Gasteiger partial charge < -0.3 is 20.1 Å². The summed E-state index contributed by atoms with van der Waals surface area (Å²) in [5, 5.41) is 0. The van der Waals surface area contributed by atoms with E-state index >= 15 is 0 Å². The molecular weight excluding hydrogens is 978 g/mol. The smallest absolute Gasteiger partial charge is 0.462 e. The molecule has 0 aliphatic heterocycles. The van der Waals surface area contributed by atoms with Crippen LogP contribution in [0.15, 0.2) is 85.1 Å². The molecule has 0 aliphatic carbocycles. The van der Waals surface area contributed by atoms with Crippen LogP contribution in [0.4, 0.5) is 0 Å². The molecule has 446 valence electrons. The molecule has 0 heterocycles. The largest absolute Gasteiger partial charge is 0.472 e. The fraction of sp³-hybridized carbons (Fsp3) is 0.761. The van der Waals surface area contributed by atoms with Gasteiger partial charge in [-0.2, -0.15) is 0 Å². The maximum absolute atomic E-state index is 12.7. The number of allylic oxidation sites excluding steroid dienone is 14. The van der Waals surface area contributed by atoms with Crippen LogP contribution in [-0.2, 0) is 32.7 Å². The van der Waals surface area contributed by atoms with E-state index in [1.165, 1.54) is 186 Å². The maximum Gasteiger partial charge on any atom is 0.472 e. The van der Waals surface area contributed by atoms with Crippen LogP contribution < -0.4 is 5.73 Å². The number of esters is 2. The van der Waals surface area contributed by atoms with Crippen molar-refractivity contribution >= 4 is 19.8 Å². The Kier molecular flexibility index (Phi) is 60.1. The van der Waals surface area contributed by atoms with Gasteiger partial charge in [0, 0.05) is 19.4 Å². The number of unbranched alkanes of at least 4 members (excludes halogenated alkanes) is 33. The minimum atomic E-state index is -4.39. The van der Waals surface area contributed by atoms with Crippen LogP contribution in [-0.4, -0.2) is 49.3 Å². The summed E-state index contributed by atoms with van der Waals surface area (Å²) >= 11 is 0. The van der Waals surface area contributed by atoms with Gasteiger partial charge in [0.15, 0.2) is 6.10 Å². The Balaban J connectivity index is 3.91. The van der Waals surface area contributed by atoms with Crippen molar-refractivity contribution in [1.29, 1.82) is 0 Å². The van der Waals surface area contributed by atoms with Crippen molar-refractivity contribution in [2.24, 2.45) is 5.73 Å². The predicted octanol–water partition coefficient (Wildman–Crippen LogP) is 20.6. The van der Waals surface area contributed by atoms with Gasteiger partial charge in [-0.3, -0.25) is 18.6 Å². The Bertz CT molecular complexity index is 1530. The summed E-state index contributed by atoms with van der Waals surface area (Å²) in [5.41, 5.74) is 5.39. The zero-order valence-corrected chi connectivity index (χ0v) is 50.8. The molecule has 2 unspecified atom stereocenters. The molecule has 9 nitrogen and oxygen atoms in total. The van der Waals surface area contributed by atoms with Gasteiger partial charge in [0.1, 0.15) is 6.61 Å². The molecule has 0 rings (SSSR count). The summed E-state index contributed by atoms with van der Waals surface area (Å²) < 4.78 is 33.1. The molecule has 0 radical (unpaired) electrons. The number of phosphoric ester groups is 1. The van der Waals surface area contributed by atoms with E-state index in [0.29, 0.717) is 6.42 Å². The summed E-state index contributed by atoms with van der Waals surface area (Å²) in [5.74, 6) is -0.823. The summed E-state index contributed by atoms with van der Waals surface area (Å²) in [7, 11) is -4.39. The Labute approximate surface area is 474 Å². The van der Waals surface area contributed by atoms with Gasteiger partial charge in [-0.25, -0.2) is 4.57 Å². The van der Waals surface area contributed by atoms with E-state index in [-0.39, 0.29) is 38.6 Å². The van der Waals surface area contributed by atoms with E-state index in [9.17, 15) is 19.0 Å². The molecule has 77 heavy (non-hydrogen) atoms. The zero-order chi connectivity index (χ0) is 55.9. The first-order chi connectivity index (χ1) is 37.8. The zero-order valence-electron chi connectivity index (χ0n) is 49.9. The van der Waals surface area contributed by atoms with Gasteiger partial charge in [-0.05, 0) is 89.9 Å². The number of rotatable bonds is 60. The molecule has 0 aromatic carbocycles. The van der Waals surface area contributed by atoms with Gasteiger partial charge in [0.2, 0.25) is 0 Å². The van der Waals surface area contributed by atoms with E-state index in [4.69, 9.17) is 24.3 Å². The van der Waals surface area contributed by atoms with Crippen LogP contribution in [0.5, 0.6) is 0 Å². The van der Waals surface area contributed by atoms with Crippen molar-refractivity contribution in [2.45, 2.75) is 302 Å². The number of carbonyl (C=O) groups excluding carboxylic acids is 2. The fourth-order valence-corrected chi connectivity index (χ4v) is 9.81. The van der Waals surface area contributed by atoms with Crippen molar-refractivity contribution < 1.29 is 37.6 Å². The monoisotopic (exact) mass is 1100 g/mol. The first kappa shape index (κ1) is 74.2. The highest BCUT2D eigenvalue weighted by molar-refractivity contribution is 7.47. The number of nitrogens with two attached hydrogens (primary N) is 1.